The molecule has 11 nitrogen and oxygen atoms in total. The highest BCUT2D eigenvalue weighted by Gasteiger charge is 2.62. The molecule has 0 radical (unpaired) electrons. The van der Waals surface area contributed by atoms with E-state index in [1.165, 1.54) is 0 Å². The number of fused-ring (bicyclic) bond motifs is 6. The van der Waals surface area contributed by atoms with Crippen LogP contribution in [0, 0.1) is 11.3 Å². The number of pyridine rings is 1. The van der Waals surface area contributed by atoms with Crippen LogP contribution in [0.4, 0.5) is 10.6 Å². The van der Waals surface area contributed by atoms with Crippen LogP contribution in [-0.2, 0) is 4.74 Å². The molecule has 8 rings (SSSR count). The van der Waals surface area contributed by atoms with Gasteiger partial charge in [0.25, 0.3) is 0 Å². The van der Waals surface area contributed by atoms with Crippen molar-refractivity contribution >= 4 is 22.8 Å². The summed E-state index contributed by atoms with van der Waals surface area (Å²) in [5.74, 6) is 2.49. The largest absolute Gasteiger partial charge is 0.493 e. The third-order valence-electron chi connectivity index (χ3n) is 9.78. The van der Waals surface area contributed by atoms with Crippen molar-refractivity contribution in [2.24, 2.45) is 11.3 Å². The quantitative estimate of drug-likeness (QED) is 0.636. The van der Waals surface area contributed by atoms with Gasteiger partial charge in [0, 0.05) is 31.6 Å². The SMILES string of the molecule is COc1cnc2c3c(ncnc13)N1CC3CCC(C1CO2)N3C(=O)OC1(CN2CC3CC3(CO)C2)CC1. The second-order valence-corrected chi connectivity index (χ2v) is 11.9. The van der Waals surface area contributed by atoms with Gasteiger partial charge in [-0.3, -0.25) is 9.80 Å². The first-order valence-electron chi connectivity index (χ1n) is 13.4. The monoisotopic (exact) mass is 508 g/mol. The van der Waals surface area contributed by atoms with Crippen molar-refractivity contribution in [2.45, 2.75) is 55.8 Å². The second-order valence-electron chi connectivity index (χ2n) is 11.9. The average molecular weight is 509 g/mol. The van der Waals surface area contributed by atoms with E-state index in [-0.39, 0.29) is 41.8 Å². The normalized spacial score (nSPS) is 34.4. The van der Waals surface area contributed by atoms with Crippen LogP contribution in [0.15, 0.2) is 12.5 Å². The molecule has 5 atom stereocenters. The lowest BCUT2D eigenvalue weighted by Crippen LogP contribution is -2.63. The topological polar surface area (TPSA) is 113 Å². The number of aliphatic hydroxyl groups excluding tert-OH is 1. The summed E-state index contributed by atoms with van der Waals surface area (Å²) in [6.07, 6.45) is 7.81. The number of carbonyl (C=O) groups excluding carboxylic acids is 1. The summed E-state index contributed by atoms with van der Waals surface area (Å²) < 4.78 is 18.0. The fourth-order valence-electron chi connectivity index (χ4n) is 7.56. The number of likely N-dealkylation sites (tertiary alicyclic amines) is 1. The number of nitrogens with zero attached hydrogens (tertiary/aromatic N) is 6. The van der Waals surface area contributed by atoms with E-state index in [1.54, 1.807) is 19.6 Å². The minimum Gasteiger partial charge on any atom is -0.493 e. The highest BCUT2D eigenvalue weighted by molar-refractivity contribution is 5.97. The first kappa shape index (κ1) is 22.1. The number of anilines is 1. The molecule has 37 heavy (non-hydrogen) atoms. The van der Waals surface area contributed by atoms with Gasteiger partial charge in [-0.2, -0.15) is 0 Å². The molecule has 0 spiro atoms. The number of hydrogen-bond donors (Lipinski definition) is 1. The van der Waals surface area contributed by atoms with E-state index in [4.69, 9.17) is 14.2 Å². The Bertz CT molecular complexity index is 1280. The zero-order chi connectivity index (χ0) is 24.9. The number of amides is 1. The number of piperidine rings is 1. The molecule has 2 aromatic heterocycles. The minimum atomic E-state index is -0.378. The lowest BCUT2D eigenvalue weighted by Gasteiger charge is -2.46. The maximum atomic E-state index is 13.7. The van der Waals surface area contributed by atoms with Gasteiger partial charge in [0.05, 0.1) is 38.0 Å². The van der Waals surface area contributed by atoms with E-state index in [9.17, 15) is 9.90 Å². The number of rotatable bonds is 5. The number of carbonyl (C=O) groups is 1. The van der Waals surface area contributed by atoms with Crippen LogP contribution >= 0.6 is 0 Å². The van der Waals surface area contributed by atoms with Crippen molar-refractivity contribution in [2.75, 3.05) is 51.4 Å². The maximum absolute atomic E-state index is 13.7. The van der Waals surface area contributed by atoms with Gasteiger partial charge < -0.3 is 24.2 Å². The van der Waals surface area contributed by atoms with Crippen molar-refractivity contribution in [3.05, 3.63) is 12.5 Å². The lowest BCUT2D eigenvalue weighted by atomic mass is 10.0. The van der Waals surface area contributed by atoms with E-state index in [0.717, 1.165) is 62.9 Å². The summed E-state index contributed by atoms with van der Waals surface area (Å²) in [6.45, 7) is 4.06. The van der Waals surface area contributed by atoms with Gasteiger partial charge in [-0.25, -0.2) is 19.7 Å². The lowest BCUT2D eigenvalue weighted by molar-refractivity contribution is 0.0104. The van der Waals surface area contributed by atoms with Crippen LogP contribution in [0.1, 0.15) is 32.1 Å². The second kappa shape index (κ2) is 7.57. The Morgan fingerprint density at radius 2 is 2.11 bits per heavy atom. The van der Waals surface area contributed by atoms with E-state index in [0.29, 0.717) is 36.2 Å². The van der Waals surface area contributed by atoms with E-state index in [2.05, 4.69) is 24.8 Å². The van der Waals surface area contributed by atoms with E-state index >= 15 is 0 Å². The number of hydrogen-bond acceptors (Lipinski definition) is 10. The standard InChI is InChI=1S/C26H32N6O5/c1-35-19-7-27-23-20-21(19)28-14-29-22(20)31-9-16-2-3-17(18(31)10-36-23)32(16)24(34)37-26(4-5-26)12-30-8-15-6-25(15,11-30)13-33/h7,14-18,33H,2-6,8-13H2,1H3. The Kier molecular flexibility index (Phi) is 4.52. The fourth-order valence-corrected chi connectivity index (χ4v) is 7.56. The summed E-state index contributed by atoms with van der Waals surface area (Å²) in [6, 6.07) is 0.00184. The van der Waals surface area contributed by atoms with Crippen molar-refractivity contribution < 1.29 is 24.1 Å². The van der Waals surface area contributed by atoms with Crippen LogP contribution in [0.2, 0.25) is 0 Å². The van der Waals surface area contributed by atoms with Crippen LogP contribution in [0.3, 0.4) is 0 Å². The van der Waals surface area contributed by atoms with E-state index in [1.807, 2.05) is 4.90 Å². The molecule has 1 N–H and O–H groups in total. The van der Waals surface area contributed by atoms with Gasteiger partial charge in [-0.1, -0.05) is 0 Å². The van der Waals surface area contributed by atoms with Crippen LogP contribution in [0.5, 0.6) is 11.6 Å². The van der Waals surface area contributed by atoms with Crippen molar-refractivity contribution in [1.29, 1.82) is 0 Å². The van der Waals surface area contributed by atoms with Crippen molar-refractivity contribution in [3.8, 4) is 11.6 Å². The fraction of sp³-hybridized carbons (Fsp3) is 0.692. The molecule has 6 aliphatic rings. The van der Waals surface area contributed by atoms with Gasteiger partial charge >= 0.3 is 6.09 Å². The smallest absolute Gasteiger partial charge is 0.411 e. The van der Waals surface area contributed by atoms with Gasteiger partial charge in [0.1, 0.15) is 35.3 Å². The number of methoxy groups -OCH3 is 1. The van der Waals surface area contributed by atoms with Gasteiger partial charge in [0.2, 0.25) is 5.88 Å². The molecule has 2 saturated carbocycles. The molecule has 2 bridgehead atoms. The Hall–Kier alpha value is -2.92. The Labute approximate surface area is 214 Å². The first-order valence-corrected chi connectivity index (χ1v) is 13.4. The Morgan fingerprint density at radius 1 is 1.22 bits per heavy atom. The molecule has 3 saturated heterocycles. The predicted octanol–water partition coefficient (Wildman–Crippen LogP) is 1.43. The number of piperazine rings is 1. The third-order valence-corrected chi connectivity index (χ3v) is 9.78. The van der Waals surface area contributed by atoms with Crippen LogP contribution in [-0.4, -0.2) is 106 Å². The highest BCUT2D eigenvalue weighted by Crippen LogP contribution is 2.58. The molecule has 196 valence electrons. The number of aliphatic hydroxyl groups is 1. The van der Waals surface area contributed by atoms with Gasteiger partial charge in [0.15, 0.2) is 5.75 Å². The zero-order valence-corrected chi connectivity index (χ0v) is 21.0. The summed E-state index contributed by atoms with van der Waals surface area (Å²) in [7, 11) is 1.61. The average Bonchev–Trinajstić information content (AvgIpc) is 3.76. The van der Waals surface area contributed by atoms with Gasteiger partial charge in [-0.05, 0) is 38.0 Å². The molecular formula is C26H32N6O5. The highest BCUT2D eigenvalue weighted by atomic mass is 16.6. The molecule has 11 heteroatoms. The molecule has 6 heterocycles. The van der Waals surface area contributed by atoms with Crippen molar-refractivity contribution in [3.63, 3.8) is 0 Å². The molecule has 0 aromatic carbocycles. The molecule has 2 aromatic rings. The summed E-state index contributed by atoms with van der Waals surface area (Å²) in [5.41, 5.74) is 0.416. The molecule has 4 aliphatic heterocycles. The number of aromatic nitrogens is 3. The Morgan fingerprint density at radius 3 is 2.89 bits per heavy atom. The molecule has 1 amide bonds. The molecule has 5 fully saturated rings. The summed E-state index contributed by atoms with van der Waals surface area (Å²) >= 11 is 0. The van der Waals surface area contributed by atoms with Crippen LogP contribution < -0.4 is 14.4 Å². The third kappa shape index (κ3) is 3.19. The summed E-state index contributed by atoms with van der Waals surface area (Å²) in [5, 5.41) is 10.5. The Balaban J connectivity index is 1.03. The molecule has 2 aliphatic carbocycles. The van der Waals surface area contributed by atoms with Gasteiger partial charge in [-0.15, -0.1) is 0 Å². The van der Waals surface area contributed by atoms with Crippen LogP contribution in [0.25, 0.3) is 10.9 Å². The predicted molar refractivity (Wildman–Crippen MR) is 132 cm³/mol. The minimum absolute atomic E-state index is 0.0136. The first-order chi connectivity index (χ1) is 18.0. The number of ether oxygens (including phenoxy) is 3. The maximum Gasteiger partial charge on any atom is 0.411 e. The zero-order valence-electron chi connectivity index (χ0n) is 21.0. The molecule has 5 unspecified atom stereocenters. The molecular weight excluding hydrogens is 476 g/mol. The van der Waals surface area contributed by atoms with Crippen molar-refractivity contribution in [1.82, 2.24) is 24.8 Å². The summed E-state index contributed by atoms with van der Waals surface area (Å²) in [4.78, 5) is 33.9. The van der Waals surface area contributed by atoms with E-state index < -0.39 is 0 Å².